The van der Waals surface area contributed by atoms with Crippen molar-refractivity contribution in [2.45, 2.75) is 27.7 Å². The van der Waals surface area contributed by atoms with Crippen molar-refractivity contribution in [1.29, 1.82) is 0 Å². The molecule has 8 nitrogen and oxygen atoms in total. The molecule has 29 heavy (non-hydrogen) atoms. The summed E-state index contributed by atoms with van der Waals surface area (Å²) in [6.45, 7) is 6.31. The van der Waals surface area contributed by atoms with E-state index < -0.39 is 28.7 Å². The molecule has 0 bridgehead atoms. The smallest absolute Gasteiger partial charge is 0.339 e. The van der Waals surface area contributed by atoms with Crippen LogP contribution >= 0.6 is 0 Å². The summed E-state index contributed by atoms with van der Waals surface area (Å²) in [5.74, 6) is -1.40. The van der Waals surface area contributed by atoms with Crippen molar-refractivity contribution in [3.05, 3.63) is 69.3 Å². The van der Waals surface area contributed by atoms with Crippen LogP contribution in [0.3, 0.4) is 0 Å². The van der Waals surface area contributed by atoms with Crippen LogP contribution in [0.1, 0.15) is 47.1 Å². The summed E-state index contributed by atoms with van der Waals surface area (Å²) in [6.07, 6.45) is 0. The van der Waals surface area contributed by atoms with Crippen LogP contribution < -0.4 is 5.32 Å². The third-order valence-corrected chi connectivity index (χ3v) is 4.20. The summed E-state index contributed by atoms with van der Waals surface area (Å²) < 4.78 is 5.02. The predicted octanol–water partition coefficient (Wildman–Crippen LogP) is 3.93. The van der Waals surface area contributed by atoms with Gasteiger partial charge in [-0.3, -0.25) is 19.7 Å². The molecule has 1 N–H and O–H groups in total. The minimum absolute atomic E-state index is 0.0345. The predicted molar refractivity (Wildman–Crippen MR) is 107 cm³/mol. The van der Waals surface area contributed by atoms with Gasteiger partial charge >= 0.3 is 5.97 Å². The molecule has 0 aromatic heterocycles. The van der Waals surface area contributed by atoms with Crippen LogP contribution in [-0.4, -0.2) is 29.2 Å². The van der Waals surface area contributed by atoms with Crippen LogP contribution in [0, 0.1) is 22.5 Å². The molecule has 0 aliphatic rings. The maximum Gasteiger partial charge on any atom is 0.339 e. The molecule has 0 heterocycles. The number of nitrogens with one attached hydrogen (secondary N) is 1. The van der Waals surface area contributed by atoms with Crippen LogP contribution in [0.25, 0.3) is 0 Å². The Morgan fingerprint density at radius 2 is 1.69 bits per heavy atom. The van der Waals surface area contributed by atoms with Gasteiger partial charge in [0.25, 0.3) is 5.69 Å². The standard InChI is InChI=1S/C21H22N2O6/c1-13-16(6-5-7-17(13)23(27)28)19(25)29-12-18(24)14-8-10-15(11-9-14)22-20(26)21(2,3)4/h5-11H,12H2,1-4H3,(H,22,26). The molecule has 0 radical (unpaired) electrons. The van der Waals surface area contributed by atoms with E-state index in [0.717, 1.165) is 0 Å². The topological polar surface area (TPSA) is 116 Å². The second kappa shape index (κ2) is 8.64. The van der Waals surface area contributed by atoms with E-state index in [4.69, 9.17) is 4.74 Å². The van der Waals surface area contributed by atoms with Crippen LogP contribution in [0.15, 0.2) is 42.5 Å². The van der Waals surface area contributed by atoms with E-state index in [1.807, 2.05) is 0 Å². The highest BCUT2D eigenvalue weighted by molar-refractivity contribution is 6.00. The Labute approximate surface area is 168 Å². The van der Waals surface area contributed by atoms with Crippen molar-refractivity contribution in [1.82, 2.24) is 0 Å². The molecule has 2 aromatic rings. The summed E-state index contributed by atoms with van der Waals surface area (Å²) in [4.78, 5) is 46.8. The summed E-state index contributed by atoms with van der Waals surface area (Å²) in [5.41, 5.74) is 0.320. The lowest BCUT2D eigenvalue weighted by Gasteiger charge is -2.17. The van der Waals surface area contributed by atoms with Gasteiger partial charge in [0, 0.05) is 28.3 Å². The van der Waals surface area contributed by atoms with Crippen LogP contribution in [0.2, 0.25) is 0 Å². The molecular weight excluding hydrogens is 376 g/mol. The first-order valence-corrected chi connectivity index (χ1v) is 8.86. The van der Waals surface area contributed by atoms with Gasteiger partial charge in [0.2, 0.25) is 5.91 Å². The molecule has 2 rings (SSSR count). The number of ketones is 1. The number of anilines is 1. The summed E-state index contributed by atoms with van der Waals surface area (Å²) in [5, 5.41) is 13.7. The number of Topliss-reactive ketones (excluding diaryl/α,β-unsaturated/α-hetero) is 1. The number of nitro benzene ring substituents is 1. The van der Waals surface area contributed by atoms with Gasteiger partial charge in [-0.05, 0) is 37.3 Å². The Balaban J connectivity index is 2.01. The highest BCUT2D eigenvalue weighted by atomic mass is 16.6. The van der Waals surface area contributed by atoms with Crippen LogP contribution in [0.4, 0.5) is 11.4 Å². The maximum absolute atomic E-state index is 12.3. The minimum Gasteiger partial charge on any atom is -0.454 e. The molecule has 0 saturated heterocycles. The number of carbonyl (C=O) groups excluding carboxylic acids is 3. The molecule has 8 heteroatoms. The van der Waals surface area contributed by atoms with Gasteiger partial charge in [-0.1, -0.05) is 26.8 Å². The zero-order valence-corrected chi connectivity index (χ0v) is 16.6. The molecule has 0 saturated carbocycles. The first-order chi connectivity index (χ1) is 13.5. The third-order valence-electron chi connectivity index (χ3n) is 4.20. The Bertz CT molecular complexity index is 958. The van der Waals surface area contributed by atoms with Gasteiger partial charge < -0.3 is 10.1 Å². The number of carbonyl (C=O) groups is 3. The Morgan fingerprint density at radius 1 is 1.07 bits per heavy atom. The number of benzene rings is 2. The molecule has 0 unspecified atom stereocenters. The zero-order chi connectivity index (χ0) is 21.8. The van der Waals surface area contributed by atoms with Gasteiger partial charge in [-0.15, -0.1) is 0 Å². The SMILES string of the molecule is Cc1c(C(=O)OCC(=O)c2ccc(NC(=O)C(C)(C)C)cc2)cccc1[N+](=O)[O-]. The van der Waals surface area contributed by atoms with Gasteiger partial charge in [0.05, 0.1) is 10.5 Å². The van der Waals surface area contributed by atoms with Crippen molar-refractivity contribution in [3.8, 4) is 0 Å². The lowest BCUT2D eigenvalue weighted by molar-refractivity contribution is -0.385. The van der Waals surface area contributed by atoms with Gasteiger partial charge in [-0.2, -0.15) is 0 Å². The highest BCUT2D eigenvalue weighted by Crippen LogP contribution is 2.22. The summed E-state index contributed by atoms with van der Waals surface area (Å²) in [7, 11) is 0. The molecular formula is C21H22N2O6. The van der Waals surface area contributed by atoms with E-state index in [0.29, 0.717) is 11.3 Å². The normalized spacial score (nSPS) is 10.9. The second-order valence-electron chi connectivity index (χ2n) is 7.49. The monoisotopic (exact) mass is 398 g/mol. The van der Waals surface area contributed by atoms with E-state index in [-0.39, 0.29) is 22.7 Å². The zero-order valence-electron chi connectivity index (χ0n) is 16.6. The maximum atomic E-state index is 12.3. The fourth-order valence-electron chi connectivity index (χ4n) is 2.39. The van der Waals surface area contributed by atoms with Gasteiger partial charge in [0.15, 0.2) is 12.4 Å². The third kappa shape index (κ3) is 5.47. The number of hydrogen-bond acceptors (Lipinski definition) is 6. The number of ether oxygens (including phenoxy) is 1. The van der Waals surface area contributed by atoms with E-state index in [9.17, 15) is 24.5 Å². The van der Waals surface area contributed by atoms with Crippen molar-refractivity contribution in [2.24, 2.45) is 5.41 Å². The molecule has 0 aliphatic carbocycles. The summed E-state index contributed by atoms with van der Waals surface area (Å²) >= 11 is 0. The number of nitrogens with zero attached hydrogens (tertiary/aromatic N) is 1. The molecule has 0 aliphatic heterocycles. The number of amides is 1. The van der Waals surface area contributed by atoms with Crippen molar-refractivity contribution >= 4 is 29.0 Å². The van der Waals surface area contributed by atoms with E-state index in [1.165, 1.54) is 37.3 Å². The molecule has 2 aromatic carbocycles. The Morgan fingerprint density at radius 3 is 2.24 bits per heavy atom. The molecule has 1 amide bonds. The van der Waals surface area contributed by atoms with Gasteiger partial charge in [0.1, 0.15) is 0 Å². The Kier molecular flexibility index (Phi) is 6.48. The first kappa shape index (κ1) is 21.7. The lowest BCUT2D eigenvalue weighted by atomic mass is 9.95. The van der Waals surface area contributed by atoms with Crippen molar-refractivity contribution in [3.63, 3.8) is 0 Å². The molecule has 0 spiro atoms. The number of esters is 1. The largest absolute Gasteiger partial charge is 0.454 e. The highest BCUT2D eigenvalue weighted by Gasteiger charge is 2.22. The van der Waals surface area contributed by atoms with Crippen molar-refractivity contribution in [2.75, 3.05) is 11.9 Å². The number of nitro groups is 1. The average Bonchev–Trinajstić information content (AvgIpc) is 2.65. The first-order valence-electron chi connectivity index (χ1n) is 8.86. The fraction of sp³-hybridized carbons (Fsp3) is 0.286. The van der Waals surface area contributed by atoms with Crippen LogP contribution in [-0.2, 0) is 9.53 Å². The average molecular weight is 398 g/mol. The van der Waals surface area contributed by atoms with E-state index in [1.54, 1.807) is 32.9 Å². The lowest BCUT2D eigenvalue weighted by Crippen LogP contribution is -2.27. The number of hydrogen-bond donors (Lipinski definition) is 1. The fourth-order valence-corrected chi connectivity index (χ4v) is 2.39. The second-order valence-corrected chi connectivity index (χ2v) is 7.49. The Hall–Kier alpha value is -3.55. The van der Waals surface area contributed by atoms with E-state index in [2.05, 4.69) is 5.32 Å². The van der Waals surface area contributed by atoms with Crippen molar-refractivity contribution < 1.29 is 24.0 Å². The van der Waals surface area contributed by atoms with Gasteiger partial charge in [-0.25, -0.2) is 4.79 Å². The minimum atomic E-state index is -0.811. The van der Waals surface area contributed by atoms with E-state index >= 15 is 0 Å². The summed E-state index contributed by atoms with van der Waals surface area (Å²) in [6, 6.07) is 10.3. The molecule has 0 atom stereocenters. The van der Waals surface area contributed by atoms with Crippen LogP contribution in [0.5, 0.6) is 0 Å². The quantitative estimate of drug-likeness (QED) is 0.341. The molecule has 0 fully saturated rings. The molecule has 152 valence electrons. The number of rotatable bonds is 6.